The molecule has 0 rings (SSSR count). The molecule has 1 unspecified atom stereocenters. The van der Waals surface area contributed by atoms with Crippen molar-refractivity contribution in [2.45, 2.75) is 232 Å². The fourth-order valence-electron chi connectivity index (χ4n) is 6.57. The van der Waals surface area contributed by atoms with E-state index in [0.29, 0.717) is 12.8 Å². The molecule has 0 aliphatic carbocycles. The van der Waals surface area contributed by atoms with E-state index >= 15 is 0 Å². The molecule has 6 heteroatoms. The van der Waals surface area contributed by atoms with Gasteiger partial charge in [-0.25, -0.2) is 0 Å². The van der Waals surface area contributed by atoms with Crippen molar-refractivity contribution in [2.24, 2.45) is 0 Å². The van der Waals surface area contributed by atoms with Crippen LogP contribution in [0.5, 0.6) is 0 Å². The van der Waals surface area contributed by atoms with Crippen molar-refractivity contribution in [2.75, 3.05) is 13.2 Å². The van der Waals surface area contributed by atoms with Crippen molar-refractivity contribution in [3.8, 4) is 0 Å². The molecule has 0 N–H and O–H groups in total. The fourth-order valence-corrected chi connectivity index (χ4v) is 6.57. The second kappa shape index (κ2) is 47.5. The number of hydrogen-bond donors (Lipinski definition) is 0. The van der Waals surface area contributed by atoms with Crippen LogP contribution in [0, 0.1) is 0 Å². The zero-order chi connectivity index (χ0) is 43.0. The largest absolute Gasteiger partial charge is 0.462 e. The Morgan fingerprint density at radius 1 is 0.373 bits per heavy atom. The van der Waals surface area contributed by atoms with Crippen LogP contribution >= 0.6 is 0 Å². The summed E-state index contributed by atoms with van der Waals surface area (Å²) in [6.07, 6.45) is 59.3. The Kier molecular flexibility index (Phi) is 45.0. The second-order valence-electron chi connectivity index (χ2n) is 16.0. The lowest BCUT2D eigenvalue weighted by atomic mass is 10.1. The van der Waals surface area contributed by atoms with Gasteiger partial charge in [0.15, 0.2) is 6.10 Å². The van der Waals surface area contributed by atoms with E-state index in [4.69, 9.17) is 14.2 Å². The Balaban J connectivity index is 4.36. The van der Waals surface area contributed by atoms with Crippen molar-refractivity contribution < 1.29 is 28.6 Å². The average molecular weight is 823 g/mol. The highest BCUT2D eigenvalue weighted by Gasteiger charge is 2.19. The molecule has 0 bridgehead atoms. The number of rotatable bonds is 43. The minimum absolute atomic E-state index is 0.0979. The molecule has 0 aromatic carbocycles. The Bertz CT molecular complexity index is 1130. The molecule has 0 spiro atoms. The smallest absolute Gasteiger partial charge is 0.310 e. The minimum Gasteiger partial charge on any atom is -0.462 e. The van der Waals surface area contributed by atoms with Crippen molar-refractivity contribution in [3.05, 3.63) is 72.9 Å². The monoisotopic (exact) mass is 823 g/mol. The van der Waals surface area contributed by atoms with Crippen LogP contribution in [0.25, 0.3) is 0 Å². The summed E-state index contributed by atoms with van der Waals surface area (Å²) in [6, 6.07) is 0. The van der Waals surface area contributed by atoms with E-state index in [1.807, 2.05) is 6.08 Å². The van der Waals surface area contributed by atoms with E-state index in [9.17, 15) is 14.4 Å². The molecule has 0 heterocycles. The molecule has 0 radical (unpaired) electrons. The fraction of sp³-hybridized carbons (Fsp3) is 0.717. The normalized spacial score (nSPS) is 12.7. The molecule has 59 heavy (non-hydrogen) atoms. The molecule has 338 valence electrons. The maximum absolute atomic E-state index is 12.7. The topological polar surface area (TPSA) is 78.9 Å². The Labute approximate surface area is 363 Å². The van der Waals surface area contributed by atoms with Gasteiger partial charge in [-0.15, -0.1) is 0 Å². The Hall–Kier alpha value is -3.15. The molecule has 0 aliphatic rings. The molecule has 6 nitrogen and oxygen atoms in total. The molecule has 0 amide bonds. The van der Waals surface area contributed by atoms with Gasteiger partial charge in [0.25, 0.3) is 0 Å². The van der Waals surface area contributed by atoms with Crippen LogP contribution in [0.1, 0.15) is 226 Å². The predicted octanol–water partition coefficient (Wildman–Crippen LogP) is 15.9. The van der Waals surface area contributed by atoms with Gasteiger partial charge in [0.05, 0.1) is 6.42 Å². The molecular weight excluding hydrogens is 733 g/mol. The summed E-state index contributed by atoms with van der Waals surface area (Å²) in [6.45, 7) is 6.38. The van der Waals surface area contributed by atoms with Gasteiger partial charge in [-0.05, 0) is 70.6 Å². The molecule has 1 atom stereocenters. The standard InChI is InChI=1S/C53H90O6/c1-4-7-10-13-16-18-20-22-24-25-26-27-29-30-32-34-37-40-43-46-52(55)58-49-50(48-57-51(54)45-42-39-36-15-12-9-6-3)59-53(56)47-44-41-38-35-33-31-28-23-21-19-17-14-11-8-5-2/h8,11,17,19,22-24,28,33,35,41,44,50H,4-7,9-10,12-16,18,20-21,25-27,29-32,34,36-40,42-43,45-49H2,1-3H3/b11-8-,19-17-,24-22-,28-23-,35-33-,44-41-. The average Bonchev–Trinajstić information content (AvgIpc) is 3.23. The van der Waals surface area contributed by atoms with Crippen molar-refractivity contribution in [3.63, 3.8) is 0 Å². The molecule has 0 fully saturated rings. The molecule has 0 saturated heterocycles. The van der Waals surface area contributed by atoms with E-state index in [0.717, 1.165) is 70.6 Å². The quantitative estimate of drug-likeness (QED) is 0.0264. The summed E-state index contributed by atoms with van der Waals surface area (Å²) in [5, 5.41) is 0. The third-order valence-electron chi connectivity index (χ3n) is 10.2. The number of ether oxygens (including phenoxy) is 3. The Morgan fingerprint density at radius 3 is 1.10 bits per heavy atom. The lowest BCUT2D eigenvalue weighted by Gasteiger charge is -2.18. The predicted molar refractivity (Wildman–Crippen MR) is 251 cm³/mol. The number of esters is 3. The first kappa shape index (κ1) is 55.9. The summed E-state index contributed by atoms with van der Waals surface area (Å²) >= 11 is 0. The van der Waals surface area contributed by atoms with Crippen LogP contribution in [-0.4, -0.2) is 37.2 Å². The first-order chi connectivity index (χ1) is 29.0. The van der Waals surface area contributed by atoms with Crippen molar-refractivity contribution in [1.82, 2.24) is 0 Å². The van der Waals surface area contributed by atoms with E-state index in [-0.39, 0.29) is 31.6 Å². The minimum atomic E-state index is -0.826. The lowest BCUT2D eigenvalue weighted by Crippen LogP contribution is -2.30. The van der Waals surface area contributed by atoms with Crippen LogP contribution in [0.2, 0.25) is 0 Å². The second-order valence-corrected chi connectivity index (χ2v) is 16.0. The summed E-state index contributed by atoms with van der Waals surface area (Å²) in [4.78, 5) is 37.6. The summed E-state index contributed by atoms with van der Waals surface area (Å²) in [5.74, 6) is -1.06. The van der Waals surface area contributed by atoms with E-state index in [1.165, 1.54) is 116 Å². The number of hydrogen-bond acceptors (Lipinski definition) is 6. The molecular formula is C53H90O6. The van der Waals surface area contributed by atoms with Crippen molar-refractivity contribution in [1.29, 1.82) is 0 Å². The van der Waals surface area contributed by atoms with Crippen LogP contribution < -0.4 is 0 Å². The number of carbonyl (C=O) groups excluding carboxylic acids is 3. The van der Waals surface area contributed by atoms with Crippen LogP contribution in [0.4, 0.5) is 0 Å². The Morgan fingerprint density at radius 2 is 0.712 bits per heavy atom. The molecule has 0 saturated carbocycles. The summed E-state index contributed by atoms with van der Waals surface area (Å²) in [7, 11) is 0. The van der Waals surface area contributed by atoms with E-state index in [1.54, 1.807) is 6.08 Å². The van der Waals surface area contributed by atoms with Gasteiger partial charge >= 0.3 is 17.9 Å². The van der Waals surface area contributed by atoms with Gasteiger partial charge in [0.2, 0.25) is 0 Å². The maximum atomic E-state index is 12.7. The number of unbranched alkanes of at least 4 members (excludes halogenated alkanes) is 21. The molecule has 0 aromatic heterocycles. The van der Waals surface area contributed by atoms with Gasteiger partial charge < -0.3 is 14.2 Å². The van der Waals surface area contributed by atoms with Crippen LogP contribution in [-0.2, 0) is 28.6 Å². The van der Waals surface area contributed by atoms with Gasteiger partial charge in [-0.2, -0.15) is 0 Å². The first-order valence-corrected chi connectivity index (χ1v) is 24.4. The van der Waals surface area contributed by atoms with Gasteiger partial charge in [-0.3, -0.25) is 14.4 Å². The van der Waals surface area contributed by atoms with E-state index in [2.05, 4.69) is 81.5 Å². The number of carbonyl (C=O) groups is 3. The highest BCUT2D eigenvalue weighted by atomic mass is 16.6. The SMILES string of the molecule is CC/C=C\C/C=C\C/C=C\C/C=C\C/C=C\CC(=O)OC(COC(=O)CCCCCCCCC)COC(=O)CCCCCCCCCCC/C=C\CCCCCCCC. The summed E-state index contributed by atoms with van der Waals surface area (Å²) in [5.41, 5.74) is 0. The third-order valence-corrected chi connectivity index (χ3v) is 10.2. The van der Waals surface area contributed by atoms with Crippen LogP contribution in [0.3, 0.4) is 0 Å². The molecule has 0 aromatic rings. The van der Waals surface area contributed by atoms with Crippen LogP contribution in [0.15, 0.2) is 72.9 Å². The zero-order valence-electron chi connectivity index (χ0n) is 38.5. The zero-order valence-corrected chi connectivity index (χ0v) is 38.5. The maximum Gasteiger partial charge on any atom is 0.310 e. The van der Waals surface area contributed by atoms with Crippen molar-refractivity contribution >= 4 is 17.9 Å². The highest BCUT2D eigenvalue weighted by molar-refractivity contribution is 5.72. The molecule has 0 aliphatic heterocycles. The number of allylic oxidation sites excluding steroid dienone is 11. The van der Waals surface area contributed by atoms with Gasteiger partial charge in [0, 0.05) is 12.8 Å². The third kappa shape index (κ3) is 45.8. The highest BCUT2D eigenvalue weighted by Crippen LogP contribution is 2.14. The van der Waals surface area contributed by atoms with E-state index < -0.39 is 12.1 Å². The first-order valence-electron chi connectivity index (χ1n) is 24.4. The van der Waals surface area contributed by atoms with Gasteiger partial charge in [-0.1, -0.05) is 209 Å². The van der Waals surface area contributed by atoms with Gasteiger partial charge in [0.1, 0.15) is 13.2 Å². The lowest BCUT2D eigenvalue weighted by molar-refractivity contribution is -0.166. The summed E-state index contributed by atoms with van der Waals surface area (Å²) < 4.78 is 16.6.